The number of nitrogens with zero attached hydrogens (tertiary/aromatic N) is 2. The Kier molecular flexibility index (Phi) is 7.67. The Morgan fingerprint density at radius 3 is 2.48 bits per heavy atom. The fraction of sp³-hybridized carbons (Fsp3) is 0.318. The third-order valence-corrected chi connectivity index (χ3v) is 7.89. The summed E-state index contributed by atoms with van der Waals surface area (Å²) in [6.45, 7) is 5.57. The van der Waals surface area contributed by atoms with Crippen molar-refractivity contribution in [3.05, 3.63) is 64.6 Å². The average Bonchev–Trinajstić information content (AvgIpc) is 3.40. The zero-order chi connectivity index (χ0) is 24.2. The van der Waals surface area contributed by atoms with Crippen molar-refractivity contribution in [3.63, 3.8) is 0 Å². The van der Waals surface area contributed by atoms with E-state index in [2.05, 4.69) is 15.6 Å². The minimum Gasteiger partial charge on any atom is -0.469 e. The molecule has 0 unspecified atom stereocenters. The van der Waals surface area contributed by atoms with Crippen LogP contribution in [0.15, 0.2) is 51.3 Å². The summed E-state index contributed by atoms with van der Waals surface area (Å²) in [5.74, 6) is -0.0435. The molecule has 0 radical (unpaired) electrons. The Hall–Kier alpha value is -3.02. The average molecular weight is 491 g/mol. The van der Waals surface area contributed by atoms with E-state index in [-0.39, 0.29) is 35.7 Å². The monoisotopic (exact) mass is 490 g/mol. The van der Waals surface area contributed by atoms with Crippen LogP contribution < -0.4 is 10.6 Å². The summed E-state index contributed by atoms with van der Waals surface area (Å²) in [6, 6.07) is 7.85. The van der Waals surface area contributed by atoms with Crippen molar-refractivity contribution in [3.8, 4) is 0 Å². The van der Waals surface area contributed by atoms with Crippen LogP contribution in [0.2, 0.25) is 0 Å². The van der Waals surface area contributed by atoms with Gasteiger partial charge in [-0.2, -0.15) is 4.31 Å². The zero-order valence-electron chi connectivity index (χ0n) is 18.8. The maximum Gasteiger partial charge on any atom is 0.260 e. The first-order chi connectivity index (χ1) is 15.6. The van der Waals surface area contributed by atoms with Crippen LogP contribution in [0.5, 0.6) is 0 Å². The molecule has 11 heteroatoms. The lowest BCUT2D eigenvalue weighted by molar-refractivity contribution is -0.120. The molecular weight excluding hydrogens is 464 g/mol. The number of thiazole rings is 1. The predicted molar refractivity (Wildman–Crippen MR) is 126 cm³/mol. The highest BCUT2D eigenvalue weighted by Crippen LogP contribution is 2.19. The second-order valence-corrected chi connectivity index (χ2v) is 10.6. The molecule has 0 bridgehead atoms. The van der Waals surface area contributed by atoms with Crippen molar-refractivity contribution in [2.75, 3.05) is 12.4 Å². The molecule has 2 aromatic heterocycles. The molecule has 2 N–H and O–H groups in total. The Morgan fingerprint density at radius 1 is 1.18 bits per heavy atom. The SMILES string of the molecule is Cc1occc1C(=O)Nc1nc(CC(=O)NCc2ccc(S(=O)(=O)N(C)C(C)C)cc2)cs1. The van der Waals surface area contributed by atoms with E-state index in [4.69, 9.17) is 4.42 Å². The van der Waals surface area contributed by atoms with E-state index in [0.717, 1.165) is 5.56 Å². The van der Waals surface area contributed by atoms with E-state index >= 15 is 0 Å². The van der Waals surface area contributed by atoms with Crippen molar-refractivity contribution in [1.29, 1.82) is 0 Å². The topological polar surface area (TPSA) is 122 Å². The number of sulfonamides is 1. The molecule has 0 saturated carbocycles. The number of anilines is 1. The molecule has 1 aromatic carbocycles. The smallest absolute Gasteiger partial charge is 0.260 e. The summed E-state index contributed by atoms with van der Waals surface area (Å²) in [5, 5.41) is 7.59. The predicted octanol–water partition coefficient (Wildman–Crippen LogP) is 3.18. The van der Waals surface area contributed by atoms with Crippen LogP contribution in [0, 0.1) is 6.92 Å². The number of amides is 2. The van der Waals surface area contributed by atoms with E-state index in [1.807, 2.05) is 0 Å². The normalized spacial score (nSPS) is 11.7. The van der Waals surface area contributed by atoms with Gasteiger partial charge in [0.1, 0.15) is 5.76 Å². The summed E-state index contributed by atoms with van der Waals surface area (Å²) in [7, 11) is -2.00. The van der Waals surface area contributed by atoms with Gasteiger partial charge < -0.3 is 9.73 Å². The summed E-state index contributed by atoms with van der Waals surface area (Å²) in [6.07, 6.45) is 1.50. The third-order valence-electron chi connectivity index (χ3n) is 5.03. The molecule has 3 rings (SSSR count). The first-order valence-electron chi connectivity index (χ1n) is 10.2. The molecule has 9 nitrogen and oxygen atoms in total. The number of rotatable bonds is 9. The Balaban J connectivity index is 1.52. The van der Waals surface area contributed by atoms with Gasteiger partial charge in [-0.3, -0.25) is 14.9 Å². The Labute approximate surface area is 196 Å². The number of hydrogen-bond acceptors (Lipinski definition) is 7. The zero-order valence-corrected chi connectivity index (χ0v) is 20.4. The molecule has 0 saturated heterocycles. The van der Waals surface area contributed by atoms with Crippen molar-refractivity contribution >= 4 is 38.3 Å². The standard InChI is InChI=1S/C22H26N4O5S2/c1-14(2)26(4)33(29,30)18-7-5-16(6-8-18)12-23-20(27)11-17-13-32-22(24-17)25-21(28)19-9-10-31-15(19)3/h5-10,13-14H,11-12H2,1-4H3,(H,23,27)(H,24,25,28). The van der Waals surface area contributed by atoms with E-state index in [1.165, 1.54) is 34.0 Å². The number of nitrogens with one attached hydrogen (secondary N) is 2. The maximum absolute atomic E-state index is 12.5. The molecule has 0 aliphatic carbocycles. The van der Waals surface area contributed by atoms with Crippen LogP contribution in [0.4, 0.5) is 5.13 Å². The number of carbonyl (C=O) groups excluding carboxylic acids is 2. The van der Waals surface area contributed by atoms with Gasteiger partial charge in [-0.15, -0.1) is 11.3 Å². The first-order valence-corrected chi connectivity index (χ1v) is 12.5. The maximum atomic E-state index is 12.5. The highest BCUT2D eigenvalue weighted by Gasteiger charge is 2.22. The fourth-order valence-corrected chi connectivity index (χ4v) is 4.95. The van der Waals surface area contributed by atoms with Gasteiger partial charge in [0.2, 0.25) is 15.9 Å². The largest absolute Gasteiger partial charge is 0.469 e. The highest BCUT2D eigenvalue weighted by molar-refractivity contribution is 7.89. The van der Waals surface area contributed by atoms with Crippen molar-refractivity contribution in [2.45, 2.75) is 44.7 Å². The van der Waals surface area contributed by atoms with Gasteiger partial charge in [-0.25, -0.2) is 13.4 Å². The Morgan fingerprint density at radius 2 is 1.88 bits per heavy atom. The fourth-order valence-electron chi connectivity index (χ4n) is 2.88. The van der Waals surface area contributed by atoms with Crippen molar-refractivity contribution in [2.24, 2.45) is 0 Å². The van der Waals surface area contributed by atoms with Gasteiger partial charge in [0, 0.05) is 25.0 Å². The summed E-state index contributed by atoms with van der Waals surface area (Å²) in [5.41, 5.74) is 1.74. The quantitative estimate of drug-likeness (QED) is 0.475. The van der Waals surface area contributed by atoms with Gasteiger partial charge in [-0.1, -0.05) is 12.1 Å². The molecule has 33 heavy (non-hydrogen) atoms. The van der Waals surface area contributed by atoms with Gasteiger partial charge in [-0.05, 0) is 44.5 Å². The van der Waals surface area contributed by atoms with Crippen LogP contribution in [0.1, 0.15) is 41.2 Å². The van der Waals surface area contributed by atoms with Gasteiger partial charge in [0.25, 0.3) is 5.91 Å². The van der Waals surface area contributed by atoms with Gasteiger partial charge in [0.15, 0.2) is 5.13 Å². The number of benzene rings is 1. The highest BCUT2D eigenvalue weighted by atomic mass is 32.2. The van der Waals surface area contributed by atoms with Gasteiger partial charge >= 0.3 is 0 Å². The van der Waals surface area contributed by atoms with Crippen LogP contribution in [-0.4, -0.2) is 42.6 Å². The van der Waals surface area contributed by atoms with Crippen LogP contribution in [0.3, 0.4) is 0 Å². The second-order valence-electron chi connectivity index (χ2n) is 7.70. The van der Waals surface area contributed by atoms with Crippen LogP contribution >= 0.6 is 11.3 Å². The number of aromatic nitrogens is 1. The molecular formula is C22H26N4O5S2. The van der Waals surface area contributed by atoms with E-state index < -0.39 is 10.0 Å². The molecule has 0 spiro atoms. The summed E-state index contributed by atoms with van der Waals surface area (Å²) >= 11 is 1.23. The second kappa shape index (κ2) is 10.3. The number of furan rings is 1. The summed E-state index contributed by atoms with van der Waals surface area (Å²) < 4.78 is 31.5. The minimum atomic E-state index is -3.55. The molecule has 2 heterocycles. The lowest BCUT2D eigenvalue weighted by Gasteiger charge is -2.21. The van der Waals surface area contributed by atoms with E-state index in [9.17, 15) is 18.0 Å². The van der Waals surface area contributed by atoms with E-state index in [0.29, 0.717) is 22.1 Å². The molecule has 0 atom stereocenters. The van der Waals surface area contributed by atoms with Crippen LogP contribution in [0.25, 0.3) is 0 Å². The summed E-state index contributed by atoms with van der Waals surface area (Å²) in [4.78, 5) is 29.0. The number of aryl methyl sites for hydroxylation is 1. The first kappa shape index (κ1) is 24.6. The minimum absolute atomic E-state index is 0.0583. The lowest BCUT2D eigenvalue weighted by Crippen LogP contribution is -2.33. The molecule has 3 aromatic rings. The molecule has 2 amide bonds. The van der Waals surface area contributed by atoms with E-state index in [1.54, 1.807) is 51.4 Å². The molecule has 0 aliphatic rings. The lowest BCUT2D eigenvalue weighted by atomic mass is 10.2. The van der Waals surface area contributed by atoms with Crippen LogP contribution in [-0.2, 0) is 27.8 Å². The Bertz CT molecular complexity index is 1230. The molecule has 176 valence electrons. The van der Waals surface area contributed by atoms with Gasteiger partial charge in [0.05, 0.1) is 28.8 Å². The number of carbonyl (C=O) groups is 2. The molecule has 0 aliphatic heterocycles. The third kappa shape index (κ3) is 6.06. The number of hydrogen-bond donors (Lipinski definition) is 2. The molecule has 0 fully saturated rings. The van der Waals surface area contributed by atoms with Crippen molar-refractivity contribution in [1.82, 2.24) is 14.6 Å². The van der Waals surface area contributed by atoms with Crippen molar-refractivity contribution < 1.29 is 22.4 Å².